The van der Waals surface area contributed by atoms with E-state index in [4.69, 9.17) is 22.2 Å². The van der Waals surface area contributed by atoms with Crippen molar-refractivity contribution in [1.82, 2.24) is 5.43 Å². The van der Waals surface area contributed by atoms with Crippen LogP contribution in [0, 0.1) is 5.82 Å². The van der Waals surface area contributed by atoms with Crippen molar-refractivity contribution in [2.75, 3.05) is 25.1 Å². The summed E-state index contributed by atoms with van der Waals surface area (Å²) in [5.41, 5.74) is 2.59. The second-order valence-corrected chi connectivity index (χ2v) is 4.06. The molecule has 1 aromatic rings. The van der Waals surface area contributed by atoms with Gasteiger partial charge in [0.05, 0.1) is 10.7 Å². The van der Waals surface area contributed by atoms with Crippen molar-refractivity contribution >= 4 is 23.2 Å². The number of anilines is 1. The molecule has 0 fully saturated rings. The monoisotopic (exact) mass is 288 g/mol. The van der Waals surface area contributed by atoms with E-state index in [-0.39, 0.29) is 16.7 Å². The lowest BCUT2D eigenvalue weighted by atomic mass is 10.3. The van der Waals surface area contributed by atoms with Gasteiger partial charge >= 0.3 is 0 Å². The first-order valence-electron chi connectivity index (χ1n) is 5.98. The Kier molecular flexibility index (Phi) is 7.17. The van der Waals surface area contributed by atoms with Gasteiger partial charge in [0.2, 0.25) is 5.96 Å². The Morgan fingerprint density at radius 3 is 3.00 bits per heavy atom. The van der Waals surface area contributed by atoms with E-state index in [0.29, 0.717) is 19.8 Å². The molecular weight excluding hydrogens is 271 g/mol. The quantitative estimate of drug-likeness (QED) is 0.247. The average molecular weight is 289 g/mol. The molecule has 1 rings (SSSR count). The number of hydrazine groups is 1. The van der Waals surface area contributed by atoms with Crippen molar-refractivity contribution in [3.05, 3.63) is 29.0 Å². The molecule has 0 radical (unpaired) electrons. The highest BCUT2D eigenvalue weighted by Crippen LogP contribution is 2.21. The number of rotatable bonds is 6. The van der Waals surface area contributed by atoms with Gasteiger partial charge in [0, 0.05) is 19.8 Å². The number of nitrogens with zero attached hydrogens (tertiary/aromatic N) is 1. The van der Waals surface area contributed by atoms with Crippen molar-refractivity contribution in [1.29, 1.82) is 0 Å². The van der Waals surface area contributed by atoms with E-state index in [1.165, 1.54) is 6.07 Å². The summed E-state index contributed by atoms with van der Waals surface area (Å²) in [7, 11) is 0. The summed E-state index contributed by atoms with van der Waals surface area (Å²) in [6.45, 7) is 3.76. The van der Waals surface area contributed by atoms with Crippen LogP contribution in [0.15, 0.2) is 23.2 Å². The van der Waals surface area contributed by atoms with Crippen LogP contribution in [0.25, 0.3) is 0 Å². The maximum absolute atomic E-state index is 13.6. The number of aliphatic imine (C=N–C) groups is 1. The highest BCUT2D eigenvalue weighted by atomic mass is 35.5. The topological polar surface area (TPSA) is 71.7 Å². The summed E-state index contributed by atoms with van der Waals surface area (Å²) < 4.78 is 18.8. The molecule has 0 amide bonds. The van der Waals surface area contributed by atoms with Crippen molar-refractivity contribution < 1.29 is 9.13 Å². The molecule has 0 unspecified atom stereocenters. The first kappa shape index (κ1) is 15.7. The predicted octanol–water partition coefficient (Wildman–Crippen LogP) is 2.14. The Bertz CT molecular complexity index is 428. The Labute approximate surface area is 117 Å². The van der Waals surface area contributed by atoms with E-state index < -0.39 is 5.82 Å². The van der Waals surface area contributed by atoms with Crippen molar-refractivity contribution in [3.63, 3.8) is 0 Å². The van der Waals surface area contributed by atoms with Gasteiger partial charge in [0.1, 0.15) is 0 Å². The van der Waals surface area contributed by atoms with Crippen LogP contribution in [0.5, 0.6) is 0 Å². The fourth-order valence-electron chi connectivity index (χ4n) is 1.35. The summed E-state index contributed by atoms with van der Waals surface area (Å²) in [6.07, 6.45) is 0.763. The normalized spacial score (nSPS) is 11.5. The van der Waals surface area contributed by atoms with Gasteiger partial charge in [-0.05, 0) is 25.5 Å². The van der Waals surface area contributed by atoms with Crippen LogP contribution in [0.3, 0.4) is 0 Å². The summed E-state index contributed by atoms with van der Waals surface area (Å²) in [4.78, 5) is 4.16. The van der Waals surface area contributed by atoms with Gasteiger partial charge in [-0.3, -0.25) is 10.4 Å². The number of hydrogen-bond acceptors (Lipinski definition) is 3. The van der Waals surface area contributed by atoms with Gasteiger partial charge < -0.3 is 10.1 Å². The largest absolute Gasteiger partial charge is 0.382 e. The molecule has 0 spiro atoms. The van der Waals surface area contributed by atoms with E-state index in [1.54, 1.807) is 12.1 Å². The van der Waals surface area contributed by atoms with Crippen LogP contribution in [0.4, 0.5) is 10.1 Å². The molecule has 0 heterocycles. The van der Waals surface area contributed by atoms with Gasteiger partial charge in [-0.2, -0.15) is 0 Å². The standard InChI is InChI=1S/C12H18ClFN4O/c1-2-19-8-4-7-16-12(18-15)17-10-6-3-5-9(13)11(10)14/h3,5-6H,2,4,7-8,15H2,1H3,(H2,16,17,18). The molecule has 0 atom stereocenters. The van der Waals surface area contributed by atoms with Gasteiger partial charge in [-0.1, -0.05) is 17.7 Å². The highest BCUT2D eigenvalue weighted by Gasteiger charge is 2.07. The van der Waals surface area contributed by atoms with E-state index >= 15 is 0 Å². The molecule has 4 N–H and O–H groups in total. The third-order valence-corrected chi connectivity index (χ3v) is 2.55. The number of hydrogen-bond donors (Lipinski definition) is 3. The van der Waals surface area contributed by atoms with Crippen molar-refractivity contribution in [3.8, 4) is 0 Å². The van der Waals surface area contributed by atoms with E-state index in [9.17, 15) is 4.39 Å². The Balaban J connectivity index is 2.56. The molecule has 0 saturated carbocycles. The molecule has 1 aromatic carbocycles. The Morgan fingerprint density at radius 2 is 2.32 bits per heavy atom. The molecule has 5 nitrogen and oxygen atoms in total. The smallest absolute Gasteiger partial charge is 0.210 e. The SMILES string of the molecule is CCOCCCN=C(NN)Nc1cccc(Cl)c1F. The van der Waals surface area contributed by atoms with Crippen LogP contribution < -0.4 is 16.6 Å². The van der Waals surface area contributed by atoms with Crippen LogP contribution >= 0.6 is 11.6 Å². The summed E-state index contributed by atoms with van der Waals surface area (Å²) >= 11 is 5.68. The Hall–Kier alpha value is -1.37. The molecule has 0 saturated heterocycles. The minimum Gasteiger partial charge on any atom is -0.382 e. The minimum absolute atomic E-state index is 0.0396. The second kappa shape index (κ2) is 8.68. The zero-order valence-electron chi connectivity index (χ0n) is 10.7. The zero-order chi connectivity index (χ0) is 14.1. The van der Waals surface area contributed by atoms with E-state index in [2.05, 4.69) is 15.7 Å². The van der Waals surface area contributed by atoms with Gasteiger partial charge in [0.25, 0.3) is 0 Å². The first-order valence-corrected chi connectivity index (χ1v) is 6.36. The minimum atomic E-state index is -0.540. The van der Waals surface area contributed by atoms with Crippen LogP contribution in [-0.4, -0.2) is 25.7 Å². The molecular formula is C12H18ClFN4O. The van der Waals surface area contributed by atoms with Gasteiger partial charge in [-0.25, -0.2) is 10.2 Å². The van der Waals surface area contributed by atoms with Crippen LogP contribution in [0.2, 0.25) is 5.02 Å². The summed E-state index contributed by atoms with van der Waals surface area (Å²) in [5, 5.41) is 2.78. The van der Waals surface area contributed by atoms with Crippen molar-refractivity contribution in [2.45, 2.75) is 13.3 Å². The van der Waals surface area contributed by atoms with E-state index in [0.717, 1.165) is 6.42 Å². The Morgan fingerprint density at radius 1 is 1.53 bits per heavy atom. The molecule has 0 aliphatic carbocycles. The summed E-state index contributed by atoms with van der Waals surface area (Å²) in [6, 6.07) is 4.65. The summed E-state index contributed by atoms with van der Waals surface area (Å²) in [5.74, 6) is 5.05. The average Bonchev–Trinajstić information content (AvgIpc) is 2.42. The fourth-order valence-corrected chi connectivity index (χ4v) is 1.53. The molecule has 0 aromatic heterocycles. The van der Waals surface area contributed by atoms with Crippen molar-refractivity contribution in [2.24, 2.45) is 10.8 Å². The van der Waals surface area contributed by atoms with Gasteiger partial charge in [-0.15, -0.1) is 0 Å². The lowest BCUT2D eigenvalue weighted by molar-refractivity contribution is 0.146. The number of nitrogens with one attached hydrogen (secondary N) is 2. The zero-order valence-corrected chi connectivity index (χ0v) is 11.5. The van der Waals surface area contributed by atoms with E-state index in [1.807, 2.05) is 6.92 Å². The second-order valence-electron chi connectivity index (χ2n) is 3.65. The van der Waals surface area contributed by atoms with Crippen LogP contribution in [0.1, 0.15) is 13.3 Å². The predicted molar refractivity (Wildman–Crippen MR) is 75.8 cm³/mol. The van der Waals surface area contributed by atoms with Crippen LogP contribution in [-0.2, 0) is 4.74 Å². The third-order valence-electron chi connectivity index (χ3n) is 2.26. The lowest BCUT2D eigenvalue weighted by Crippen LogP contribution is -2.36. The number of guanidine groups is 1. The molecule has 0 aliphatic heterocycles. The first-order chi connectivity index (χ1) is 9.19. The lowest BCUT2D eigenvalue weighted by Gasteiger charge is -2.10. The highest BCUT2D eigenvalue weighted by molar-refractivity contribution is 6.31. The molecule has 0 bridgehead atoms. The molecule has 19 heavy (non-hydrogen) atoms. The molecule has 0 aliphatic rings. The number of halogens is 2. The van der Waals surface area contributed by atoms with Gasteiger partial charge in [0.15, 0.2) is 5.82 Å². The number of benzene rings is 1. The maximum atomic E-state index is 13.6. The molecule has 106 valence electrons. The number of ether oxygens (including phenoxy) is 1. The fraction of sp³-hybridized carbons (Fsp3) is 0.417. The third kappa shape index (κ3) is 5.42. The number of nitrogens with two attached hydrogens (primary N) is 1. The molecule has 7 heteroatoms. The maximum Gasteiger partial charge on any atom is 0.210 e.